The highest BCUT2D eigenvalue weighted by molar-refractivity contribution is 7.80. The molecule has 0 saturated carbocycles. The lowest BCUT2D eigenvalue weighted by Crippen LogP contribution is -2.44. The number of likely N-dealkylation sites (N-methyl/N-ethyl adjacent to an activating group) is 1. The van der Waals surface area contributed by atoms with E-state index in [2.05, 4.69) is 34.4 Å². The standard InChI is InChI=1S/C21H25ClN4OS/c1-3-15-4-6-16(7-5-15)20(27)24-21(28)23-17-8-9-19(18(22)14-17)26-12-10-25(2)11-13-26/h4-9,14H,3,10-13H2,1-2H3,(H2,23,24,27,28). The van der Waals surface area contributed by atoms with E-state index in [1.165, 1.54) is 5.56 Å². The SMILES string of the molecule is CCc1ccc(C(=O)NC(=S)Nc2ccc(N3CCN(C)CC3)c(Cl)c2)cc1. The first-order chi connectivity index (χ1) is 13.5. The van der Waals surface area contributed by atoms with Gasteiger partial charge in [0.05, 0.1) is 10.7 Å². The Morgan fingerprint density at radius 2 is 1.79 bits per heavy atom. The summed E-state index contributed by atoms with van der Waals surface area (Å²) in [6.07, 6.45) is 0.937. The van der Waals surface area contributed by atoms with Crippen LogP contribution in [0.2, 0.25) is 5.02 Å². The lowest BCUT2D eigenvalue weighted by Gasteiger charge is -2.34. The molecule has 0 unspecified atom stereocenters. The predicted molar refractivity (Wildman–Crippen MR) is 121 cm³/mol. The summed E-state index contributed by atoms with van der Waals surface area (Å²) < 4.78 is 0. The van der Waals surface area contributed by atoms with E-state index in [1.807, 2.05) is 30.3 Å². The van der Waals surface area contributed by atoms with Crippen LogP contribution in [0.15, 0.2) is 42.5 Å². The van der Waals surface area contributed by atoms with Gasteiger partial charge in [0.25, 0.3) is 5.91 Å². The second-order valence-electron chi connectivity index (χ2n) is 6.92. The number of benzene rings is 2. The van der Waals surface area contributed by atoms with Crippen LogP contribution >= 0.6 is 23.8 Å². The van der Waals surface area contributed by atoms with E-state index in [0.29, 0.717) is 10.6 Å². The number of aryl methyl sites for hydroxylation is 1. The molecule has 0 aliphatic carbocycles. The Bertz CT molecular complexity index is 848. The molecule has 28 heavy (non-hydrogen) atoms. The molecule has 0 bridgehead atoms. The van der Waals surface area contributed by atoms with E-state index in [0.717, 1.165) is 44.0 Å². The molecular formula is C21H25ClN4OS. The van der Waals surface area contributed by atoms with Gasteiger partial charge >= 0.3 is 0 Å². The van der Waals surface area contributed by atoms with Gasteiger partial charge in [0, 0.05) is 37.4 Å². The lowest BCUT2D eigenvalue weighted by molar-refractivity contribution is 0.0977. The Morgan fingerprint density at radius 1 is 1.11 bits per heavy atom. The van der Waals surface area contributed by atoms with Crippen LogP contribution in [0.25, 0.3) is 0 Å². The maximum Gasteiger partial charge on any atom is 0.257 e. The number of anilines is 2. The number of nitrogens with zero attached hydrogens (tertiary/aromatic N) is 2. The third-order valence-corrected chi connectivity index (χ3v) is 5.41. The van der Waals surface area contributed by atoms with Crippen molar-refractivity contribution in [1.29, 1.82) is 0 Å². The van der Waals surface area contributed by atoms with Crippen molar-refractivity contribution in [2.75, 3.05) is 43.4 Å². The number of nitrogens with one attached hydrogen (secondary N) is 2. The first kappa shape index (κ1) is 20.6. The van der Waals surface area contributed by atoms with Gasteiger partial charge in [0.2, 0.25) is 0 Å². The fourth-order valence-corrected chi connectivity index (χ4v) is 3.63. The zero-order chi connectivity index (χ0) is 20.1. The van der Waals surface area contributed by atoms with E-state index >= 15 is 0 Å². The fourth-order valence-electron chi connectivity index (χ4n) is 3.12. The van der Waals surface area contributed by atoms with Crippen LogP contribution in [0.4, 0.5) is 11.4 Å². The largest absolute Gasteiger partial charge is 0.368 e. The van der Waals surface area contributed by atoms with Crippen molar-refractivity contribution < 1.29 is 4.79 Å². The zero-order valence-electron chi connectivity index (χ0n) is 16.2. The molecule has 3 rings (SSSR count). The van der Waals surface area contributed by atoms with Crippen molar-refractivity contribution in [2.45, 2.75) is 13.3 Å². The van der Waals surface area contributed by atoms with Gasteiger partial charge in [-0.15, -0.1) is 0 Å². The number of halogens is 1. The summed E-state index contributed by atoms with van der Waals surface area (Å²) in [5, 5.41) is 6.65. The van der Waals surface area contributed by atoms with Crippen LogP contribution in [0, 0.1) is 0 Å². The highest BCUT2D eigenvalue weighted by Crippen LogP contribution is 2.29. The van der Waals surface area contributed by atoms with Crippen LogP contribution in [0.3, 0.4) is 0 Å². The Hall–Kier alpha value is -2.15. The summed E-state index contributed by atoms with van der Waals surface area (Å²) >= 11 is 11.8. The molecular weight excluding hydrogens is 392 g/mol. The van der Waals surface area contributed by atoms with Crippen molar-refractivity contribution in [3.05, 3.63) is 58.6 Å². The summed E-state index contributed by atoms with van der Waals surface area (Å²) in [7, 11) is 2.12. The molecule has 148 valence electrons. The number of thiocarbonyl (C=S) groups is 1. The van der Waals surface area contributed by atoms with E-state index in [9.17, 15) is 4.79 Å². The molecule has 0 radical (unpaired) electrons. The minimum Gasteiger partial charge on any atom is -0.368 e. The van der Waals surface area contributed by atoms with E-state index in [1.54, 1.807) is 12.1 Å². The number of carbonyl (C=O) groups excluding carboxylic acids is 1. The van der Waals surface area contributed by atoms with Crippen molar-refractivity contribution in [3.63, 3.8) is 0 Å². The topological polar surface area (TPSA) is 47.6 Å². The molecule has 1 aliphatic heterocycles. The summed E-state index contributed by atoms with van der Waals surface area (Å²) in [5.41, 5.74) is 3.53. The molecule has 1 heterocycles. The van der Waals surface area contributed by atoms with Gasteiger partial charge in [0.15, 0.2) is 5.11 Å². The third-order valence-electron chi connectivity index (χ3n) is 4.90. The number of hydrogen-bond acceptors (Lipinski definition) is 4. The van der Waals surface area contributed by atoms with Crippen LogP contribution in [0.1, 0.15) is 22.8 Å². The molecule has 1 saturated heterocycles. The second kappa shape index (κ2) is 9.37. The van der Waals surface area contributed by atoms with Gasteiger partial charge in [0.1, 0.15) is 0 Å². The number of carbonyl (C=O) groups is 1. The minimum atomic E-state index is -0.236. The minimum absolute atomic E-state index is 0.236. The average molecular weight is 417 g/mol. The van der Waals surface area contributed by atoms with E-state index in [4.69, 9.17) is 23.8 Å². The molecule has 0 spiro atoms. The van der Waals surface area contributed by atoms with Gasteiger partial charge in [-0.25, -0.2) is 0 Å². The molecule has 2 aromatic carbocycles. The summed E-state index contributed by atoms with van der Waals surface area (Å²) in [4.78, 5) is 16.9. The molecule has 5 nitrogen and oxygen atoms in total. The Kier molecular flexibility index (Phi) is 6.88. The van der Waals surface area contributed by atoms with Crippen molar-refractivity contribution in [1.82, 2.24) is 10.2 Å². The monoisotopic (exact) mass is 416 g/mol. The number of piperazine rings is 1. The molecule has 2 N–H and O–H groups in total. The molecule has 0 atom stereocenters. The van der Waals surface area contributed by atoms with Gasteiger partial charge in [-0.1, -0.05) is 30.7 Å². The number of hydrogen-bond donors (Lipinski definition) is 2. The summed E-state index contributed by atoms with van der Waals surface area (Å²) in [5.74, 6) is -0.236. The average Bonchev–Trinajstić information content (AvgIpc) is 2.69. The first-order valence-electron chi connectivity index (χ1n) is 9.40. The second-order valence-corrected chi connectivity index (χ2v) is 7.73. The first-order valence-corrected chi connectivity index (χ1v) is 10.2. The van der Waals surface area contributed by atoms with Gasteiger partial charge in [-0.05, 0) is 61.6 Å². The molecule has 1 fully saturated rings. The molecule has 7 heteroatoms. The van der Waals surface area contributed by atoms with Crippen LogP contribution in [0.5, 0.6) is 0 Å². The van der Waals surface area contributed by atoms with Crippen molar-refractivity contribution >= 4 is 46.2 Å². The quantitative estimate of drug-likeness (QED) is 0.743. The Labute approximate surface area is 176 Å². The maximum atomic E-state index is 12.3. The zero-order valence-corrected chi connectivity index (χ0v) is 17.7. The molecule has 1 amide bonds. The maximum absolute atomic E-state index is 12.3. The highest BCUT2D eigenvalue weighted by Gasteiger charge is 2.17. The van der Waals surface area contributed by atoms with Crippen LogP contribution < -0.4 is 15.5 Å². The van der Waals surface area contributed by atoms with E-state index in [-0.39, 0.29) is 11.0 Å². The Balaban J connectivity index is 1.59. The number of rotatable bonds is 4. The Morgan fingerprint density at radius 3 is 2.39 bits per heavy atom. The molecule has 0 aromatic heterocycles. The predicted octanol–water partition coefficient (Wildman–Crippen LogP) is 3.78. The van der Waals surface area contributed by atoms with Gasteiger partial charge in [-0.3, -0.25) is 10.1 Å². The lowest BCUT2D eigenvalue weighted by atomic mass is 10.1. The molecule has 2 aromatic rings. The van der Waals surface area contributed by atoms with Crippen molar-refractivity contribution in [2.24, 2.45) is 0 Å². The van der Waals surface area contributed by atoms with Crippen LogP contribution in [-0.2, 0) is 6.42 Å². The normalized spacial score (nSPS) is 14.6. The van der Waals surface area contributed by atoms with Gasteiger partial charge in [-0.2, -0.15) is 0 Å². The fraction of sp³-hybridized carbons (Fsp3) is 0.333. The summed E-state index contributed by atoms with van der Waals surface area (Å²) in [6.45, 7) is 6.02. The van der Waals surface area contributed by atoms with E-state index < -0.39 is 0 Å². The molecule has 1 aliphatic rings. The van der Waals surface area contributed by atoms with Crippen LogP contribution in [-0.4, -0.2) is 49.1 Å². The van der Waals surface area contributed by atoms with Crippen molar-refractivity contribution in [3.8, 4) is 0 Å². The highest BCUT2D eigenvalue weighted by atomic mass is 35.5. The third kappa shape index (κ3) is 5.22. The van der Waals surface area contributed by atoms with Gasteiger partial charge < -0.3 is 15.1 Å². The summed E-state index contributed by atoms with van der Waals surface area (Å²) in [6, 6.07) is 13.3. The number of amides is 1. The smallest absolute Gasteiger partial charge is 0.257 e.